The number of rotatable bonds is 5. The molecular weight excluding hydrogens is 440 g/mol. The van der Waals surface area contributed by atoms with E-state index in [1.54, 1.807) is 17.9 Å². The third-order valence-electron chi connectivity index (χ3n) is 6.08. The summed E-state index contributed by atoms with van der Waals surface area (Å²) in [6, 6.07) is 6.81. The highest BCUT2D eigenvalue weighted by Gasteiger charge is 2.42. The zero-order chi connectivity index (χ0) is 22.2. The van der Waals surface area contributed by atoms with Gasteiger partial charge in [0.15, 0.2) is 9.84 Å². The van der Waals surface area contributed by atoms with Gasteiger partial charge in [0.25, 0.3) is 11.8 Å². The summed E-state index contributed by atoms with van der Waals surface area (Å²) in [5, 5.41) is 4.88. The topological polar surface area (TPSA) is 116 Å². The van der Waals surface area contributed by atoms with Gasteiger partial charge in [-0.25, -0.2) is 13.2 Å². The van der Waals surface area contributed by atoms with Gasteiger partial charge in [0.05, 0.1) is 17.1 Å². The summed E-state index contributed by atoms with van der Waals surface area (Å²) in [7, 11) is -2.93. The molecule has 2 N–H and O–H groups in total. The fraction of sp³-hybridized carbons (Fsp3) is 0.550. The van der Waals surface area contributed by atoms with E-state index < -0.39 is 21.4 Å². The van der Waals surface area contributed by atoms with Crippen molar-refractivity contribution in [1.82, 2.24) is 20.4 Å². The van der Waals surface area contributed by atoms with Gasteiger partial charge in [-0.15, -0.1) is 11.8 Å². The van der Waals surface area contributed by atoms with Gasteiger partial charge in [0.1, 0.15) is 5.54 Å². The van der Waals surface area contributed by atoms with Crippen LogP contribution in [0.5, 0.6) is 0 Å². The number of sulfone groups is 1. The number of amides is 4. The lowest BCUT2D eigenvalue weighted by Crippen LogP contribution is -2.52. The molecule has 3 fully saturated rings. The quantitative estimate of drug-likeness (QED) is 0.474. The van der Waals surface area contributed by atoms with E-state index >= 15 is 0 Å². The Morgan fingerprint density at radius 1 is 1.19 bits per heavy atom. The average Bonchev–Trinajstić information content (AvgIpc) is 3.23. The molecule has 0 aliphatic carbocycles. The highest BCUT2D eigenvalue weighted by molar-refractivity contribution is 7.99. The summed E-state index contributed by atoms with van der Waals surface area (Å²) in [5.41, 5.74) is -0.455. The Labute approximate surface area is 185 Å². The summed E-state index contributed by atoms with van der Waals surface area (Å²) < 4.78 is 23.5. The number of piperazine rings is 1. The van der Waals surface area contributed by atoms with Crippen LogP contribution in [0.4, 0.5) is 4.79 Å². The Kier molecular flexibility index (Phi) is 6.01. The Balaban J connectivity index is 1.38. The van der Waals surface area contributed by atoms with Crippen LogP contribution in [-0.2, 0) is 14.6 Å². The van der Waals surface area contributed by atoms with Gasteiger partial charge < -0.3 is 10.2 Å². The molecule has 1 aromatic rings. The van der Waals surface area contributed by atoms with Crippen molar-refractivity contribution in [2.75, 3.05) is 43.4 Å². The highest BCUT2D eigenvalue weighted by atomic mass is 32.2. The highest BCUT2D eigenvalue weighted by Crippen LogP contribution is 2.29. The van der Waals surface area contributed by atoms with Gasteiger partial charge in [0.2, 0.25) is 0 Å². The van der Waals surface area contributed by atoms with Gasteiger partial charge in [-0.3, -0.25) is 19.8 Å². The minimum absolute atomic E-state index is 0.0543. The lowest BCUT2D eigenvalue weighted by molar-refractivity contribution is -0.122. The van der Waals surface area contributed by atoms with Crippen LogP contribution >= 0.6 is 11.8 Å². The number of imide groups is 1. The average molecular weight is 467 g/mol. The van der Waals surface area contributed by atoms with E-state index in [9.17, 15) is 22.8 Å². The number of urea groups is 1. The number of benzene rings is 1. The van der Waals surface area contributed by atoms with Crippen molar-refractivity contribution in [3.05, 3.63) is 29.8 Å². The van der Waals surface area contributed by atoms with E-state index in [0.717, 1.165) is 4.90 Å². The first-order chi connectivity index (χ1) is 14.7. The molecule has 3 saturated heterocycles. The molecule has 0 spiro atoms. The predicted octanol–water partition coefficient (Wildman–Crippen LogP) is 0.322. The molecule has 9 nitrogen and oxygen atoms in total. The molecule has 0 bridgehead atoms. The molecule has 3 heterocycles. The monoisotopic (exact) mass is 466 g/mol. The number of carbonyl (C=O) groups excluding carboxylic acids is 3. The molecule has 2 atom stereocenters. The molecule has 0 radical (unpaired) electrons. The number of thioether (sulfide) groups is 1. The molecule has 31 heavy (non-hydrogen) atoms. The molecule has 0 aromatic heterocycles. The second-order valence-electron chi connectivity index (χ2n) is 8.41. The lowest BCUT2D eigenvalue weighted by atomic mass is 10.1. The summed E-state index contributed by atoms with van der Waals surface area (Å²) in [6.45, 7) is 4.07. The third kappa shape index (κ3) is 4.73. The maximum absolute atomic E-state index is 13.2. The largest absolute Gasteiger partial charge is 0.336 e. The van der Waals surface area contributed by atoms with Crippen LogP contribution in [0.25, 0.3) is 0 Å². The van der Waals surface area contributed by atoms with Crippen LogP contribution < -0.4 is 10.6 Å². The van der Waals surface area contributed by atoms with E-state index in [2.05, 4.69) is 15.5 Å². The van der Waals surface area contributed by atoms with E-state index in [4.69, 9.17) is 0 Å². The van der Waals surface area contributed by atoms with Crippen LogP contribution in [0.2, 0.25) is 0 Å². The van der Waals surface area contributed by atoms with Crippen molar-refractivity contribution in [1.29, 1.82) is 0 Å². The number of hydrogen-bond acceptors (Lipinski definition) is 7. The predicted molar refractivity (Wildman–Crippen MR) is 117 cm³/mol. The SMILES string of the molecule is C[C@]1(CSc2ccccc2C(=O)N2CCN([C@H]3CCS(=O)(=O)C3)CC2)NC(=O)NC1=O. The Bertz CT molecular complexity index is 1010. The molecule has 3 aliphatic heterocycles. The van der Waals surface area contributed by atoms with Gasteiger partial charge >= 0.3 is 6.03 Å². The van der Waals surface area contributed by atoms with Crippen molar-refractivity contribution >= 4 is 39.4 Å². The number of nitrogens with zero attached hydrogens (tertiary/aromatic N) is 2. The molecule has 3 aliphatic rings. The zero-order valence-corrected chi connectivity index (χ0v) is 18.9. The molecular formula is C20H26N4O5S2. The van der Waals surface area contributed by atoms with Crippen LogP contribution in [0, 0.1) is 0 Å². The molecule has 0 unspecified atom stereocenters. The molecule has 0 saturated carbocycles. The smallest absolute Gasteiger partial charge is 0.322 e. The fourth-order valence-corrected chi connectivity index (χ4v) is 7.09. The standard InChI is InChI=1S/C20H26N4O5S2/c1-20(18(26)21-19(27)22-20)13-30-16-5-3-2-4-15(16)17(25)24-9-7-23(8-10-24)14-6-11-31(28,29)12-14/h2-5,14H,6-13H2,1H3,(H2,21,22,26,27)/t14-,20+/m0/s1. The Morgan fingerprint density at radius 3 is 2.52 bits per heavy atom. The first kappa shape index (κ1) is 22.1. The second-order valence-corrected chi connectivity index (χ2v) is 11.7. The lowest BCUT2D eigenvalue weighted by Gasteiger charge is -2.37. The number of nitrogens with one attached hydrogen (secondary N) is 2. The molecule has 4 amide bonds. The van der Waals surface area contributed by atoms with Crippen molar-refractivity contribution in [3.8, 4) is 0 Å². The fourth-order valence-electron chi connectivity index (χ4n) is 4.20. The first-order valence-electron chi connectivity index (χ1n) is 10.3. The van der Waals surface area contributed by atoms with Gasteiger partial charge in [-0.05, 0) is 25.5 Å². The normalized spacial score (nSPS) is 28.4. The first-order valence-corrected chi connectivity index (χ1v) is 13.1. The second kappa shape index (κ2) is 8.44. The molecule has 168 valence electrons. The van der Waals surface area contributed by atoms with E-state index in [-0.39, 0.29) is 29.4 Å². The van der Waals surface area contributed by atoms with Crippen LogP contribution in [0.3, 0.4) is 0 Å². The van der Waals surface area contributed by atoms with Crippen molar-refractivity contribution < 1.29 is 22.8 Å². The zero-order valence-electron chi connectivity index (χ0n) is 17.3. The molecule has 11 heteroatoms. The summed E-state index contributed by atoms with van der Waals surface area (Å²) in [4.78, 5) is 41.4. The number of carbonyl (C=O) groups is 3. The van der Waals surface area contributed by atoms with E-state index in [0.29, 0.717) is 43.9 Å². The summed E-state index contributed by atoms with van der Waals surface area (Å²) in [6.07, 6.45) is 0.665. The Morgan fingerprint density at radius 2 is 1.90 bits per heavy atom. The molecule has 1 aromatic carbocycles. The van der Waals surface area contributed by atoms with Crippen LogP contribution in [0.1, 0.15) is 23.7 Å². The molecule has 4 rings (SSSR count). The van der Waals surface area contributed by atoms with E-state index in [1.165, 1.54) is 11.8 Å². The third-order valence-corrected chi connectivity index (χ3v) is 9.22. The summed E-state index contributed by atoms with van der Waals surface area (Å²) >= 11 is 1.36. The van der Waals surface area contributed by atoms with Crippen molar-refractivity contribution in [3.63, 3.8) is 0 Å². The van der Waals surface area contributed by atoms with Gasteiger partial charge in [-0.2, -0.15) is 0 Å². The van der Waals surface area contributed by atoms with Crippen LogP contribution in [0.15, 0.2) is 29.2 Å². The van der Waals surface area contributed by atoms with Crippen LogP contribution in [-0.4, -0.2) is 91.1 Å². The van der Waals surface area contributed by atoms with Gasteiger partial charge in [-0.1, -0.05) is 12.1 Å². The Hall–Kier alpha value is -2.11. The van der Waals surface area contributed by atoms with Gasteiger partial charge in [0, 0.05) is 42.9 Å². The maximum Gasteiger partial charge on any atom is 0.322 e. The number of hydrogen-bond donors (Lipinski definition) is 2. The van der Waals surface area contributed by atoms with E-state index in [1.807, 2.05) is 18.2 Å². The minimum atomic E-state index is -2.93. The van der Waals surface area contributed by atoms with Crippen molar-refractivity contribution in [2.45, 2.75) is 29.8 Å². The summed E-state index contributed by atoms with van der Waals surface area (Å²) in [5.74, 6) is 0.312. The minimum Gasteiger partial charge on any atom is -0.336 e. The van der Waals surface area contributed by atoms with Crippen molar-refractivity contribution in [2.24, 2.45) is 0 Å². The maximum atomic E-state index is 13.2.